The van der Waals surface area contributed by atoms with Crippen LogP contribution in [0.25, 0.3) is 6.08 Å². The quantitative estimate of drug-likeness (QED) is 0.830. The van der Waals surface area contributed by atoms with Crippen molar-refractivity contribution in [2.75, 3.05) is 4.90 Å². The Morgan fingerprint density at radius 2 is 1.91 bits per heavy atom. The summed E-state index contributed by atoms with van der Waals surface area (Å²) < 4.78 is 0. The van der Waals surface area contributed by atoms with Crippen molar-refractivity contribution >= 4 is 34.6 Å². The number of aromatic hydroxyl groups is 1. The molecule has 0 aromatic heterocycles. The van der Waals surface area contributed by atoms with Crippen molar-refractivity contribution in [2.45, 2.75) is 6.92 Å². The SMILES string of the molecule is Cc1cccc(N2C(=N)S/C(=C\c3ccc(O)cc3)C2=O)c1. The summed E-state index contributed by atoms with van der Waals surface area (Å²) in [6.45, 7) is 1.95. The number of amides is 1. The molecule has 0 saturated carbocycles. The molecule has 110 valence electrons. The minimum atomic E-state index is -0.200. The summed E-state index contributed by atoms with van der Waals surface area (Å²) in [6, 6.07) is 14.1. The van der Waals surface area contributed by atoms with Crippen molar-refractivity contribution in [2.24, 2.45) is 0 Å². The van der Waals surface area contributed by atoms with Gasteiger partial charge in [-0.05, 0) is 60.2 Å². The van der Waals surface area contributed by atoms with Gasteiger partial charge in [0.25, 0.3) is 5.91 Å². The molecule has 2 aromatic carbocycles. The minimum Gasteiger partial charge on any atom is -0.508 e. The maximum atomic E-state index is 12.5. The molecule has 1 aliphatic heterocycles. The summed E-state index contributed by atoms with van der Waals surface area (Å²) in [6.07, 6.45) is 1.73. The van der Waals surface area contributed by atoms with Crippen LogP contribution in [0.1, 0.15) is 11.1 Å². The highest BCUT2D eigenvalue weighted by molar-refractivity contribution is 8.19. The molecule has 1 aliphatic rings. The van der Waals surface area contributed by atoms with Gasteiger partial charge in [-0.25, -0.2) is 0 Å². The van der Waals surface area contributed by atoms with Crippen LogP contribution in [0.4, 0.5) is 5.69 Å². The van der Waals surface area contributed by atoms with E-state index in [2.05, 4.69) is 0 Å². The van der Waals surface area contributed by atoms with Crippen LogP contribution >= 0.6 is 11.8 Å². The molecule has 22 heavy (non-hydrogen) atoms. The number of anilines is 1. The van der Waals surface area contributed by atoms with Gasteiger partial charge < -0.3 is 5.11 Å². The van der Waals surface area contributed by atoms with Crippen LogP contribution in [-0.2, 0) is 4.79 Å². The second-order valence-electron chi connectivity index (χ2n) is 4.99. The highest BCUT2D eigenvalue weighted by Gasteiger charge is 2.33. The molecule has 0 radical (unpaired) electrons. The molecule has 2 N–H and O–H groups in total. The third-order valence-electron chi connectivity index (χ3n) is 3.27. The monoisotopic (exact) mass is 310 g/mol. The zero-order valence-electron chi connectivity index (χ0n) is 11.9. The molecule has 0 atom stereocenters. The van der Waals surface area contributed by atoms with E-state index in [0.29, 0.717) is 10.6 Å². The Morgan fingerprint density at radius 1 is 1.18 bits per heavy atom. The summed E-state index contributed by atoms with van der Waals surface area (Å²) in [7, 11) is 0. The zero-order chi connectivity index (χ0) is 15.7. The molecule has 1 amide bonds. The predicted octanol–water partition coefficient (Wildman–Crippen LogP) is 3.76. The molecular weight excluding hydrogens is 296 g/mol. The fourth-order valence-corrected chi connectivity index (χ4v) is 3.07. The number of nitrogens with one attached hydrogen (secondary N) is 1. The fraction of sp³-hybridized carbons (Fsp3) is 0.0588. The van der Waals surface area contributed by atoms with Crippen LogP contribution < -0.4 is 4.90 Å². The minimum absolute atomic E-state index is 0.182. The van der Waals surface area contributed by atoms with Gasteiger partial charge in [-0.2, -0.15) is 0 Å². The zero-order valence-corrected chi connectivity index (χ0v) is 12.7. The van der Waals surface area contributed by atoms with Gasteiger partial charge >= 0.3 is 0 Å². The molecule has 1 fully saturated rings. The molecule has 0 spiro atoms. The summed E-state index contributed by atoms with van der Waals surface area (Å²) in [5, 5.41) is 17.5. The Hall–Kier alpha value is -2.53. The van der Waals surface area contributed by atoms with E-state index < -0.39 is 0 Å². The lowest BCUT2D eigenvalue weighted by molar-refractivity contribution is -0.113. The number of thioether (sulfide) groups is 1. The summed E-state index contributed by atoms with van der Waals surface area (Å²) in [4.78, 5) is 14.4. The Labute approximate surface area is 132 Å². The molecule has 2 aromatic rings. The van der Waals surface area contributed by atoms with Crippen LogP contribution in [0.3, 0.4) is 0 Å². The number of hydrogen-bond acceptors (Lipinski definition) is 4. The van der Waals surface area contributed by atoms with E-state index in [1.165, 1.54) is 4.90 Å². The average molecular weight is 310 g/mol. The van der Waals surface area contributed by atoms with Gasteiger partial charge in [0.05, 0.1) is 10.6 Å². The molecule has 0 aliphatic carbocycles. The van der Waals surface area contributed by atoms with Gasteiger partial charge in [-0.15, -0.1) is 0 Å². The van der Waals surface area contributed by atoms with E-state index in [0.717, 1.165) is 22.9 Å². The third-order valence-corrected chi connectivity index (χ3v) is 4.16. The second-order valence-corrected chi connectivity index (χ2v) is 6.02. The number of hydrogen-bond donors (Lipinski definition) is 2. The van der Waals surface area contributed by atoms with E-state index in [-0.39, 0.29) is 16.8 Å². The van der Waals surface area contributed by atoms with Crippen LogP contribution in [0.2, 0.25) is 0 Å². The van der Waals surface area contributed by atoms with Crippen molar-refractivity contribution in [3.05, 3.63) is 64.6 Å². The molecule has 1 heterocycles. The van der Waals surface area contributed by atoms with Crippen molar-refractivity contribution < 1.29 is 9.90 Å². The molecule has 0 unspecified atom stereocenters. The molecule has 4 nitrogen and oxygen atoms in total. The van der Waals surface area contributed by atoms with Crippen molar-refractivity contribution in [3.8, 4) is 5.75 Å². The van der Waals surface area contributed by atoms with E-state index in [1.54, 1.807) is 30.3 Å². The lowest BCUT2D eigenvalue weighted by Gasteiger charge is -2.14. The Balaban J connectivity index is 1.93. The maximum absolute atomic E-state index is 12.5. The molecule has 5 heteroatoms. The number of aryl methyl sites for hydroxylation is 1. The van der Waals surface area contributed by atoms with Gasteiger partial charge in [0.2, 0.25) is 0 Å². The number of rotatable bonds is 2. The van der Waals surface area contributed by atoms with Crippen LogP contribution in [0.5, 0.6) is 5.75 Å². The average Bonchev–Trinajstić information content (AvgIpc) is 2.76. The summed E-state index contributed by atoms with van der Waals surface area (Å²) in [5.74, 6) is -0.0182. The van der Waals surface area contributed by atoms with Gasteiger partial charge in [0, 0.05) is 0 Å². The van der Waals surface area contributed by atoms with E-state index in [9.17, 15) is 9.90 Å². The van der Waals surface area contributed by atoms with Gasteiger partial charge in [0.1, 0.15) is 5.75 Å². The number of benzene rings is 2. The first-order chi connectivity index (χ1) is 10.5. The summed E-state index contributed by atoms with van der Waals surface area (Å²) in [5.41, 5.74) is 2.56. The van der Waals surface area contributed by atoms with Gasteiger partial charge in [-0.1, -0.05) is 24.3 Å². The number of carbonyl (C=O) groups excluding carboxylic acids is 1. The molecule has 3 rings (SSSR count). The van der Waals surface area contributed by atoms with Crippen LogP contribution in [0, 0.1) is 12.3 Å². The first-order valence-electron chi connectivity index (χ1n) is 6.73. The van der Waals surface area contributed by atoms with Crippen LogP contribution in [0.15, 0.2) is 53.4 Å². The summed E-state index contributed by atoms with van der Waals surface area (Å²) >= 11 is 1.14. The van der Waals surface area contributed by atoms with Crippen molar-refractivity contribution in [1.29, 1.82) is 5.41 Å². The lowest BCUT2D eigenvalue weighted by Crippen LogP contribution is -2.28. The Kier molecular flexibility index (Phi) is 3.73. The topological polar surface area (TPSA) is 64.4 Å². The van der Waals surface area contributed by atoms with Gasteiger partial charge in [0.15, 0.2) is 5.17 Å². The predicted molar refractivity (Wildman–Crippen MR) is 90.1 cm³/mol. The number of phenols is 1. The van der Waals surface area contributed by atoms with Gasteiger partial charge in [-0.3, -0.25) is 15.1 Å². The largest absolute Gasteiger partial charge is 0.508 e. The number of amidine groups is 1. The maximum Gasteiger partial charge on any atom is 0.271 e. The highest BCUT2D eigenvalue weighted by Crippen LogP contribution is 2.35. The molecular formula is C17H14N2O2S. The molecule has 0 bridgehead atoms. The normalized spacial score (nSPS) is 16.6. The highest BCUT2D eigenvalue weighted by atomic mass is 32.2. The smallest absolute Gasteiger partial charge is 0.271 e. The fourth-order valence-electron chi connectivity index (χ4n) is 2.21. The Bertz CT molecular complexity index is 782. The third kappa shape index (κ3) is 2.76. The van der Waals surface area contributed by atoms with Crippen LogP contribution in [-0.4, -0.2) is 16.2 Å². The first kappa shape index (κ1) is 14.4. The van der Waals surface area contributed by atoms with Crippen molar-refractivity contribution in [3.63, 3.8) is 0 Å². The number of carbonyl (C=O) groups is 1. The standard InChI is InChI=1S/C17H14N2O2S/c1-11-3-2-4-13(9-11)19-16(21)15(22-17(19)18)10-12-5-7-14(20)8-6-12/h2-10,18,20H,1H3/b15-10-,18-17?. The van der Waals surface area contributed by atoms with E-state index >= 15 is 0 Å². The second kappa shape index (κ2) is 5.69. The van der Waals surface area contributed by atoms with Crippen molar-refractivity contribution in [1.82, 2.24) is 0 Å². The molecule has 1 saturated heterocycles. The van der Waals surface area contributed by atoms with E-state index in [1.807, 2.05) is 31.2 Å². The Morgan fingerprint density at radius 3 is 2.59 bits per heavy atom. The first-order valence-corrected chi connectivity index (χ1v) is 7.54. The number of nitrogens with zero attached hydrogens (tertiary/aromatic N) is 1. The van der Waals surface area contributed by atoms with E-state index in [4.69, 9.17) is 5.41 Å². The number of phenolic OH excluding ortho intramolecular Hbond substituents is 1. The lowest BCUT2D eigenvalue weighted by atomic mass is 10.2.